The second-order valence-corrected chi connectivity index (χ2v) is 8.13. The highest BCUT2D eigenvalue weighted by atomic mass is 16.5. The van der Waals surface area contributed by atoms with E-state index in [1.54, 1.807) is 4.90 Å². The van der Waals surface area contributed by atoms with E-state index < -0.39 is 23.3 Å². The van der Waals surface area contributed by atoms with E-state index in [1.165, 1.54) is 14.2 Å². The summed E-state index contributed by atoms with van der Waals surface area (Å²) >= 11 is 0. The molecule has 8 nitrogen and oxygen atoms in total. The summed E-state index contributed by atoms with van der Waals surface area (Å²) in [4.78, 5) is 54.5. The molecule has 8 heteroatoms. The quantitative estimate of drug-likeness (QED) is 0.508. The lowest BCUT2D eigenvalue weighted by Gasteiger charge is -2.59. The van der Waals surface area contributed by atoms with Crippen LogP contribution in [-0.2, 0) is 28.7 Å². The standard InChI is InChI=1S/C19H26N2O6/c1-26-17(24)19(18(25)27-2)8-7-13-12-4-3-9-20-14(22)6-5-11(15(12)20)10-21(13)16(19)23/h11-13,15H,3-10H2,1-2H3/t11-,12+,13+,15-/m0/s1. The molecule has 4 aliphatic rings. The molecule has 27 heavy (non-hydrogen) atoms. The molecule has 4 rings (SSSR count). The number of hydrogen-bond donors (Lipinski definition) is 0. The number of hydrogen-bond acceptors (Lipinski definition) is 6. The maximum atomic E-state index is 13.4. The SMILES string of the molecule is COC(=O)C1(C(=O)OC)CC[C@@H]2[C@H]3CCCN4C(=O)CC[C@@H](CN2C1=O)[C@@H]34. The Bertz CT molecular complexity index is 676. The average molecular weight is 378 g/mol. The van der Waals surface area contributed by atoms with Gasteiger partial charge in [-0.05, 0) is 38.0 Å². The van der Waals surface area contributed by atoms with Crippen LogP contribution in [0.1, 0.15) is 38.5 Å². The molecule has 2 amide bonds. The van der Waals surface area contributed by atoms with Crippen molar-refractivity contribution >= 4 is 23.8 Å². The Balaban J connectivity index is 1.69. The summed E-state index contributed by atoms with van der Waals surface area (Å²) in [5.74, 6) is -1.56. The summed E-state index contributed by atoms with van der Waals surface area (Å²) in [5, 5.41) is 0. The molecular formula is C19H26N2O6. The molecule has 0 N–H and O–H groups in total. The van der Waals surface area contributed by atoms with Crippen LogP contribution >= 0.6 is 0 Å². The summed E-state index contributed by atoms with van der Waals surface area (Å²) < 4.78 is 9.66. The summed E-state index contributed by atoms with van der Waals surface area (Å²) in [6.07, 6.45) is 3.76. The normalized spacial score (nSPS) is 34.4. The van der Waals surface area contributed by atoms with Crippen molar-refractivity contribution in [1.29, 1.82) is 0 Å². The van der Waals surface area contributed by atoms with Gasteiger partial charge in [-0.15, -0.1) is 0 Å². The first-order chi connectivity index (χ1) is 13.0. The van der Waals surface area contributed by atoms with Crippen LogP contribution in [0.15, 0.2) is 0 Å². The minimum atomic E-state index is -1.90. The van der Waals surface area contributed by atoms with E-state index in [1.807, 2.05) is 4.90 Å². The Morgan fingerprint density at radius 3 is 2.41 bits per heavy atom. The maximum Gasteiger partial charge on any atom is 0.333 e. The number of rotatable bonds is 2. The van der Waals surface area contributed by atoms with Gasteiger partial charge < -0.3 is 19.3 Å². The molecular weight excluding hydrogens is 352 g/mol. The smallest absolute Gasteiger partial charge is 0.333 e. The third kappa shape index (κ3) is 2.41. The van der Waals surface area contributed by atoms with E-state index in [2.05, 4.69) is 0 Å². The van der Waals surface area contributed by atoms with E-state index in [4.69, 9.17) is 9.47 Å². The average Bonchev–Trinajstić information content (AvgIpc) is 2.70. The van der Waals surface area contributed by atoms with Gasteiger partial charge in [0.05, 0.1) is 14.2 Å². The van der Waals surface area contributed by atoms with Gasteiger partial charge in [0.1, 0.15) is 0 Å². The van der Waals surface area contributed by atoms with Crippen LogP contribution in [0.2, 0.25) is 0 Å². The van der Waals surface area contributed by atoms with Crippen molar-refractivity contribution in [2.75, 3.05) is 27.3 Å². The predicted octanol–water partition coefficient (Wildman–Crippen LogP) is 0.341. The lowest BCUT2D eigenvalue weighted by Crippen LogP contribution is -2.71. The highest BCUT2D eigenvalue weighted by Crippen LogP contribution is 2.48. The fourth-order valence-corrected chi connectivity index (χ4v) is 5.94. The van der Waals surface area contributed by atoms with Crippen molar-refractivity contribution in [2.45, 2.75) is 50.6 Å². The van der Waals surface area contributed by atoms with Gasteiger partial charge in [-0.2, -0.15) is 0 Å². The van der Waals surface area contributed by atoms with Gasteiger partial charge in [0.25, 0.3) is 5.91 Å². The van der Waals surface area contributed by atoms with Gasteiger partial charge in [0.2, 0.25) is 11.3 Å². The highest BCUT2D eigenvalue weighted by Gasteiger charge is 2.63. The van der Waals surface area contributed by atoms with Gasteiger partial charge in [-0.3, -0.25) is 19.2 Å². The molecule has 0 saturated carbocycles. The molecule has 0 unspecified atom stereocenters. The van der Waals surface area contributed by atoms with Gasteiger partial charge in [0, 0.05) is 37.5 Å². The van der Waals surface area contributed by atoms with Crippen LogP contribution in [-0.4, -0.2) is 72.9 Å². The summed E-state index contributed by atoms with van der Waals surface area (Å²) in [7, 11) is 2.37. The Labute approximate surface area is 158 Å². The van der Waals surface area contributed by atoms with Crippen molar-refractivity contribution in [1.82, 2.24) is 9.80 Å². The van der Waals surface area contributed by atoms with Gasteiger partial charge in [-0.25, -0.2) is 0 Å². The molecule has 4 fully saturated rings. The molecule has 0 aliphatic carbocycles. The molecule has 0 bridgehead atoms. The minimum Gasteiger partial charge on any atom is -0.468 e. The zero-order valence-corrected chi connectivity index (χ0v) is 15.8. The van der Waals surface area contributed by atoms with Crippen LogP contribution in [0.3, 0.4) is 0 Å². The monoisotopic (exact) mass is 378 g/mol. The number of carbonyl (C=O) groups excluding carboxylic acids is 4. The number of ether oxygens (including phenoxy) is 2. The molecule has 4 heterocycles. The topological polar surface area (TPSA) is 93.2 Å². The fourth-order valence-electron chi connectivity index (χ4n) is 5.94. The summed E-state index contributed by atoms with van der Waals surface area (Å²) in [5.41, 5.74) is -1.90. The lowest BCUT2D eigenvalue weighted by molar-refractivity contribution is -0.188. The number of esters is 2. The maximum absolute atomic E-state index is 13.4. The lowest BCUT2D eigenvalue weighted by atomic mass is 9.64. The molecule has 0 radical (unpaired) electrons. The van der Waals surface area contributed by atoms with Gasteiger partial charge in [-0.1, -0.05) is 0 Å². The van der Waals surface area contributed by atoms with Gasteiger partial charge in [0.15, 0.2) is 0 Å². The molecule has 0 aromatic rings. The number of fused-ring (bicyclic) bond motifs is 2. The first-order valence-electron chi connectivity index (χ1n) is 9.73. The number of carbonyl (C=O) groups is 4. The molecule has 4 atom stereocenters. The predicted molar refractivity (Wildman–Crippen MR) is 92.1 cm³/mol. The van der Waals surface area contributed by atoms with Crippen LogP contribution < -0.4 is 0 Å². The first-order valence-corrected chi connectivity index (χ1v) is 9.73. The van der Waals surface area contributed by atoms with E-state index in [0.29, 0.717) is 19.4 Å². The largest absolute Gasteiger partial charge is 0.468 e. The van der Waals surface area contributed by atoms with Crippen molar-refractivity contribution in [2.24, 2.45) is 17.3 Å². The zero-order valence-electron chi connectivity index (χ0n) is 15.8. The molecule has 148 valence electrons. The molecule has 4 aliphatic heterocycles. The second-order valence-electron chi connectivity index (χ2n) is 8.13. The highest BCUT2D eigenvalue weighted by molar-refractivity contribution is 6.20. The Morgan fingerprint density at radius 1 is 1.04 bits per heavy atom. The van der Waals surface area contributed by atoms with Crippen LogP contribution in [0, 0.1) is 17.3 Å². The minimum absolute atomic E-state index is 0.0464. The number of methoxy groups -OCH3 is 2. The summed E-state index contributed by atoms with van der Waals surface area (Å²) in [6.45, 7) is 1.27. The van der Waals surface area contributed by atoms with Crippen molar-refractivity contribution in [3.05, 3.63) is 0 Å². The third-order valence-electron chi connectivity index (χ3n) is 7.10. The Hall–Kier alpha value is -2.12. The molecule has 0 aromatic heterocycles. The summed E-state index contributed by atoms with van der Waals surface area (Å²) in [6, 6.07) is 0.132. The van der Waals surface area contributed by atoms with Crippen LogP contribution in [0.25, 0.3) is 0 Å². The van der Waals surface area contributed by atoms with Gasteiger partial charge >= 0.3 is 11.9 Å². The number of nitrogens with zero attached hydrogens (tertiary/aromatic N) is 2. The second kappa shape index (κ2) is 6.49. The molecule has 0 spiro atoms. The number of piperidine rings is 4. The van der Waals surface area contributed by atoms with E-state index >= 15 is 0 Å². The fraction of sp³-hybridized carbons (Fsp3) is 0.789. The van der Waals surface area contributed by atoms with Crippen molar-refractivity contribution in [3.8, 4) is 0 Å². The van der Waals surface area contributed by atoms with E-state index in [-0.39, 0.29) is 36.2 Å². The van der Waals surface area contributed by atoms with Crippen LogP contribution in [0.4, 0.5) is 0 Å². The van der Waals surface area contributed by atoms with E-state index in [0.717, 1.165) is 25.8 Å². The number of amides is 2. The molecule has 4 saturated heterocycles. The Kier molecular flexibility index (Phi) is 4.39. The Morgan fingerprint density at radius 2 is 1.74 bits per heavy atom. The van der Waals surface area contributed by atoms with Crippen molar-refractivity contribution < 1.29 is 28.7 Å². The first kappa shape index (κ1) is 18.3. The zero-order chi connectivity index (χ0) is 19.3. The van der Waals surface area contributed by atoms with E-state index in [9.17, 15) is 19.2 Å². The third-order valence-corrected chi connectivity index (χ3v) is 7.10. The van der Waals surface area contributed by atoms with Crippen molar-refractivity contribution in [3.63, 3.8) is 0 Å². The van der Waals surface area contributed by atoms with Crippen LogP contribution in [0.5, 0.6) is 0 Å². The molecule has 0 aromatic carbocycles.